The summed E-state index contributed by atoms with van der Waals surface area (Å²) in [7, 11) is 0. The third-order valence-electron chi connectivity index (χ3n) is 1.01. The van der Waals surface area contributed by atoms with Crippen molar-refractivity contribution in [2.24, 2.45) is 5.11 Å². The summed E-state index contributed by atoms with van der Waals surface area (Å²) in [6.45, 7) is 1.98. The lowest BCUT2D eigenvalue weighted by Crippen LogP contribution is -1.69. The maximum absolute atomic E-state index is 6.71. The molecule has 56 valence electrons. The second-order valence-electron chi connectivity index (χ2n) is 1.69. The first-order valence-electron chi connectivity index (χ1n) is 3.11. The minimum atomic E-state index is 0.810. The van der Waals surface area contributed by atoms with Crippen LogP contribution in [0.1, 0.15) is 13.3 Å². The van der Waals surface area contributed by atoms with Crippen molar-refractivity contribution in [3.63, 3.8) is 0 Å². The van der Waals surface area contributed by atoms with Crippen LogP contribution in [0.15, 0.2) is 28.4 Å². The fourth-order valence-corrected chi connectivity index (χ4v) is 0.699. The summed E-state index contributed by atoms with van der Waals surface area (Å²) in [5, 5.41) is 5.29. The number of nitrogens with zero attached hydrogens (tertiary/aromatic N) is 1. The van der Waals surface area contributed by atoms with E-state index in [2.05, 4.69) is 5.11 Å². The molecule has 0 heterocycles. The molecule has 0 bridgehead atoms. The zero-order chi connectivity index (χ0) is 7.82. The molecule has 0 amide bonds. The maximum Gasteiger partial charge on any atom is 0.0621 e. The largest absolute Gasteiger partial charge is 0.205 e. The van der Waals surface area contributed by atoms with Crippen LogP contribution in [-0.2, 0) is 0 Å². The van der Waals surface area contributed by atoms with Gasteiger partial charge in [-0.3, -0.25) is 0 Å². The van der Waals surface area contributed by atoms with E-state index in [0.717, 1.165) is 12.1 Å². The van der Waals surface area contributed by atoms with Gasteiger partial charge in [-0.15, -0.1) is 11.8 Å². The van der Waals surface area contributed by atoms with Gasteiger partial charge in [0, 0.05) is 0 Å². The molecule has 2 nitrogen and oxygen atoms in total. The molecular formula is C7H12N2S. The van der Waals surface area contributed by atoms with Gasteiger partial charge in [0.1, 0.15) is 0 Å². The molecule has 0 aliphatic heterocycles. The Morgan fingerprint density at radius 1 is 1.70 bits per heavy atom. The first-order chi connectivity index (χ1) is 4.85. The monoisotopic (exact) mass is 156 g/mol. The van der Waals surface area contributed by atoms with E-state index in [1.165, 1.54) is 0 Å². The number of thioether (sulfide) groups is 1. The van der Waals surface area contributed by atoms with Crippen LogP contribution >= 0.6 is 11.8 Å². The van der Waals surface area contributed by atoms with Crippen LogP contribution in [0.5, 0.6) is 0 Å². The van der Waals surface area contributed by atoms with Crippen molar-refractivity contribution in [1.29, 1.82) is 5.53 Å². The van der Waals surface area contributed by atoms with Gasteiger partial charge in [-0.2, -0.15) is 5.11 Å². The summed E-state index contributed by atoms with van der Waals surface area (Å²) < 4.78 is 0. The number of hydrogen-bond donors (Lipinski definition) is 1. The van der Waals surface area contributed by atoms with E-state index < -0.39 is 0 Å². The van der Waals surface area contributed by atoms with Crippen molar-refractivity contribution in [3.8, 4) is 0 Å². The van der Waals surface area contributed by atoms with Crippen LogP contribution in [0, 0.1) is 5.53 Å². The minimum Gasteiger partial charge on any atom is -0.205 e. The maximum atomic E-state index is 6.71. The van der Waals surface area contributed by atoms with E-state index in [4.69, 9.17) is 5.53 Å². The highest BCUT2D eigenvalue weighted by molar-refractivity contribution is 8.01. The highest BCUT2D eigenvalue weighted by atomic mass is 32.2. The molecule has 0 unspecified atom stereocenters. The van der Waals surface area contributed by atoms with Crippen LogP contribution < -0.4 is 0 Å². The molecular weight excluding hydrogens is 144 g/mol. The first-order valence-corrected chi connectivity index (χ1v) is 4.40. The van der Waals surface area contributed by atoms with Crippen LogP contribution in [0.3, 0.4) is 0 Å². The van der Waals surface area contributed by atoms with Gasteiger partial charge in [0.15, 0.2) is 0 Å². The third-order valence-corrected chi connectivity index (χ3v) is 1.44. The quantitative estimate of drug-likeness (QED) is 0.492. The summed E-state index contributed by atoms with van der Waals surface area (Å²) in [5.74, 6) is 0. The summed E-state index contributed by atoms with van der Waals surface area (Å²) in [4.78, 5) is 0. The molecule has 0 aromatic heterocycles. The van der Waals surface area contributed by atoms with Crippen molar-refractivity contribution < 1.29 is 0 Å². The normalized spacial score (nSPS) is 12.4. The fraction of sp³-hybridized carbons (Fsp3) is 0.429. The van der Waals surface area contributed by atoms with E-state index in [0.29, 0.717) is 0 Å². The molecule has 0 atom stereocenters. The highest BCUT2D eigenvalue weighted by Gasteiger charge is 1.83. The van der Waals surface area contributed by atoms with Crippen LogP contribution in [0.4, 0.5) is 0 Å². The van der Waals surface area contributed by atoms with E-state index in [-0.39, 0.29) is 0 Å². The van der Waals surface area contributed by atoms with E-state index in [1.54, 1.807) is 11.8 Å². The Bertz CT molecular complexity index is 150. The summed E-state index contributed by atoms with van der Waals surface area (Å²) in [6, 6.07) is 0. The van der Waals surface area contributed by atoms with E-state index >= 15 is 0 Å². The van der Waals surface area contributed by atoms with Gasteiger partial charge in [-0.25, -0.2) is 5.53 Å². The zero-order valence-corrected chi connectivity index (χ0v) is 7.11. The highest BCUT2D eigenvalue weighted by Crippen LogP contribution is 2.02. The fourth-order valence-electron chi connectivity index (χ4n) is 0.463. The predicted octanol–water partition coefficient (Wildman–Crippen LogP) is 3.19. The SMILES string of the molecule is CC/C(=C/C=C/SC)N=N. The molecule has 0 aliphatic rings. The predicted molar refractivity (Wildman–Crippen MR) is 46.2 cm³/mol. The number of rotatable bonds is 4. The Morgan fingerprint density at radius 3 is 2.80 bits per heavy atom. The molecule has 0 fully saturated rings. The van der Waals surface area contributed by atoms with Crippen molar-refractivity contribution in [2.45, 2.75) is 13.3 Å². The molecule has 0 saturated carbocycles. The Labute approximate surface area is 65.9 Å². The van der Waals surface area contributed by atoms with Gasteiger partial charge in [0.25, 0.3) is 0 Å². The molecule has 0 aromatic carbocycles. The van der Waals surface area contributed by atoms with Gasteiger partial charge in [0.2, 0.25) is 0 Å². The average Bonchev–Trinajstić information content (AvgIpc) is 1.99. The molecule has 3 heteroatoms. The molecule has 10 heavy (non-hydrogen) atoms. The molecule has 0 radical (unpaired) electrons. The van der Waals surface area contributed by atoms with Crippen LogP contribution in [0.25, 0.3) is 0 Å². The minimum absolute atomic E-state index is 0.810. The molecule has 1 N–H and O–H groups in total. The first kappa shape index (κ1) is 9.43. The lowest BCUT2D eigenvalue weighted by atomic mass is 10.3. The van der Waals surface area contributed by atoms with Gasteiger partial charge in [-0.1, -0.05) is 13.0 Å². The third kappa shape index (κ3) is 4.32. The Kier molecular flexibility index (Phi) is 6.18. The van der Waals surface area contributed by atoms with Crippen molar-refractivity contribution in [3.05, 3.63) is 23.3 Å². The molecule has 0 saturated heterocycles. The lowest BCUT2D eigenvalue weighted by Gasteiger charge is -1.87. The number of hydrogen-bond acceptors (Lipinski definition) is 3. The van der Waals surface area contributed by atoms with Gasteiger partial charge >= 0.3 is 0 Å². The zero-order valence-electron chi connectivity index (χ0n) is 6.29. The van der Waals surface area contributed by atoms with Crippen LogP contribution in [-0.4, -0.2) is 6.26 Å². The summed E-state index contributed by atoms with van der Waals surface area (Å²) in [5.41, 5.74) is 7.52. The van der Waals surface area contributed by atoms with Gasteiger partial charge in [-0.05, 0) is 24.2 Å². The van der Waals surface area contributed by atoms with Crippen molar-refractivity contribution in [1.82, 2.24) is 0 Å². The smallest absolute Gasteiger partial charge is 0.0621 e. The van der Waals surface area contributed by atoms with Crippen molar-refractivity contribution >= 4 is 11.8 Å². The average molecular weight is 156 g/mol. The number of allylic oxidation sites excluding steroid dienone is 3. The topological polar surface area (TPSA) is 36.2 Å². The summed E-state index contributed by atoms with van der Waals surface area (Å²) >= 11 is 1.64. The Hall–Kier alpha value is -0.570. The van der Waals surface area contributed by atoms with Crippen LogP contribution in [0.2, 0.25) is 0 Å². The lowest BCUT2D eigenvalue weighted by molar-refractivity contribution is 0.963. The van der Waals surface area contributed by atoms with Gasteiger partial charge in [0.05, 0.1) is 5.70 Å². The molecule has 0 aliphatic carbocycles. The molecule has 0 rings (SSSR count). The summed E-state index contributed by atoms with van der Waals surface area (Å²) in [6.07, 6.45) is 6.57. The second kappa shape index (κ2) is 6.55. The Morgan fingerprint density at radius 2 is 2.40 bits per heavy atom. The molecule has 0 spiro atoms. The van der Waals surface area contributed by atoms with Gasteiger partial charge < -0.3 is 0 Å². The van der Waals surface area contributed by atoms with E-state index in [1.807, 2.05) is 30.7 Å². The van der Waals surface area contributed by atoms with E-state index in [9.17, 15) is 0 Å². The molecule has 0 aromatic rings. The number of nitrogens with one attached hydrogen (secondary N) is 1. The second-order valence-corrected chi connectivity index (χ2v) is 2.43. The van der Waals surface area contributed by atoms with Crippen molar-refractivity contribution in [2.75, 3.05) is 6.26 Å². The standard InChI is InChI=1S/C7H12N2S/c1-3-7(9-8)5-4-6-10-2/h4-6,8H,3H2,1-2H3/b6-4+,7-5-,9-8?. The Balaban J connectivity index is 3.85.